The van der Waals surface area contributed by atoms with Gasteiger partial charge in [0.1, 0.15) is 11.4 Å². The summed E-state index contributed by atoms with van der Waals surface area (Å²) in [7, 11) is 0. The lowest BCUT2D eigenvalue weighted by atomic mass is 9.88. The monoisotopic (exact) mass is 320 g/mol. The summed E-state index contributed by atoms with van der Waals surface area (Å²) in [4.78, 5) is 10.5. The van der Waals surface area contributed by atoms with Crippen molar-refractivity contribution in [1.29, 1.82) is 0 Å². The van der Waals surface area contributed by atoms with Crippen LogP contribution in [0.4, 0.5) is 0 Å². The summed E-state index contributed by atoms with van der Waals surface area (Å²) in [6.07, 6.45) is 5.59. The Bertz CT molecular complexity index is 498. The van der Waals surface area contributed by atoms with Crippen LogP contribution in [-0.2, 0) is 22.4 Å². The predicted octanol–water partition coefficient (Wildman–Crippen LogP) is 5.04. The number of carbonyl (C=O) groups is 1. The first-order chi connectivity index (χ1) is 10.6. The van der Waals surface area contributed by atoms with Crippen molar-refractivity contribution in [1.82, 2.24) is 0 Å². The zero-order valence-electron chi connectivity index (χ0n) is 15.3. The van der Waals surface area contributed by atoms with Gasteiger partial charge in [0.15, 0.2) is 0 Å². The third kappa shape index (κ3) is 7.54. The van der Waals surface area contributed by atoms with E-state index >= 15 is 0 Å². The molecule has 3 heteroatoms. The lowest BCUT2D eigenvalue weighted by Gasteiger charge is -2.22. The average Bonchev–Trinajstić information content (AvgIpc) is 2.41. The summed E-state index contributed by atoms with van der Waals surface area (Å²) in [6.45, 7) is 11.0. The molecule has 0 unspecified atom stereocenters. The maximum absolute atomic E-state index is 10.5. The quantitative estimate of drug-likeness (QED) is 0.649. The summed E-state index contributed by atoms with van der Waals surface area (Å²) >= 11 is 0. The molecule has 0 spiro atoms. The van der Waals surface area contributed by atoms with Gasteiger partial charge in [-0.15, -0.1) is 0 Å². The second-order valence-electron chi connectivity index (χ2n) is 8.17. The molecule has 1 N–H and O–H groups in total. The molecule has 0 saturated heterocycles. The van der Waals surface area contributed by atoms with Gasteiger partial charge in [0.05, 0.1) is 0 Å². The second-order valence-corrected chi connectivity index (χ2v) is 8.17. The lowest BCUT2D eigenvalue weighted by molar-refractivity contribution is -0.140. The van der Waals surface area contributed by atoms with Crippen LogP contribution >= 0.6 is 0 Å². The highest BCUT2D eigenvalue weighted by atomic mass is 16.5. The highest BCUT2D eigenvalue weighted by molar-refractivity contribution is 5.40. The maximum Gasteiger partial charge on any atom is 0.293 e. The Kier molecular flexibility index (Phi) is 7.11. The van der Waals surface area contributed by atoms with Crippen LogP contribution in [0.15, 0.2) is 18.2 Å². The molecule has 0 aliphatic carbocycles. The molecule has 0 amide bonds. The van der Waals surface area contributed by atoms with Gasteiger partial charge in [-0.25, -0.2) is 0 Å². The molecule has 23 heavy (non-hydrogen) atoms. The summed E-state index contributed by atoms with van der Waals surface area (Å²) < 4.78 is 5.06. The van der Waals surface area contributed by atoms with E-state index < -0.39 is 5.60 Å². The largest absolute Gasteiger partial charge is 0.507 e. The molecule has 0 aromatic heterocycles. The third-order valence-corrected chi connectivity index (χ3v) is 4.17. The molecular weight excluding hydrogens is 288 g/mol. The van der Waals surface area contributed by atoms with Gasteiger partial charge in [-0.1, -0.05) is 39.0 Å². The Morgan fingerprint density at radius 3 is 2.00 bits per heavy atom. The van der Waals surface area contributed by atoms with Gasteiger partial charge in [0.25, 0.3) is 6.47 Å². The number of rotatable bonds is 9. The van der Waals surface area contributed by atoms with Crippen LogP contribution in [0, 0.1) is 5.41 Å². The molecule has 0 aliphatic heterocycles. The Morgan fingerprint density at radius 2 is 1.52 bits per heavy atom. The van der Waals surface area contributed by atoms with Crippen molar-refractivity contribution in [2.75, 3.05) is 0 Å². The van der Waals surface area contributed by atoms with E-state index in [2.05, 4.69) is 20.8 Å². The number of phenols is 1. The number of para-hydroxylation sites is 1. The van der Waals surface area contributed by atoms with Gasteiger partial charge in [0.2, 0.25) is 0 Å². The maximum atomic E-state index is 10.5. The Morgan fingerprint density at radius 1 is 1.00 bits per heavy atom. The van der Waals surface area contributed by atoms with Crippen LogP contribution in [0.25, 0.3) is 0 Å². The molecule has 3 nitrogen and oxygen atoms in total. The summed E-state index contributed by atoms with van der Waals surface area (Å²) in [5, 5.41) is 10.5. The molecule has 0 aliphatic rings. The summed E-state index contributed by atoms with van der Waals surface area (Å²) in [5.74, 6) is 0.440. The van der Waals surface area contributed by atoms with Crippen molar-refractivity contribution in [2.24, 2.45) is 5.41 Å². The Hall–Kier alpha value is -1.51. The van der Waals surface area contributed by atoms with E-state index in [1.54, 1.807) is 0 Å². The first kappa shape index (κ1) is 19.5. The Labute approximate surface area is 141 Å². The van der Waals surface area contributed by atoms with Crippen molar-refractivity contribution in [2.45, 2.75) is 78.7 Å². The molecule has 1 rings (SSSR count). The number of hydrogen-bond donors (Lipinski definition) is 1. The van der Waals surface area contributed by atoms with Gasteiger partial charge in [-0.05, 0) is 68.9 Å². The minimum Gasteiger partial charge on any atom is -0.507 e. The lowest BCUT2D eigenvalue weighted by Crippen LogP contribution is -2.23. The van der Waals surface area contributed by atoms with Crippen LogP contribution in [0.2, 0.25) is 0 Å². The zero-order chi connectivity index (χ0) is 17.5. The van der Waals surface area contributed by atoms with Gasteiger partial charge in [-0.2, -0.15) is 0 Å². The second kappa shape index (κ2) is 8.37. The molecule has 0 atom stereocenters. The molecular formula is C20H32O3. The first-order valence-electron chi connectivity index (χ1n) is 8.56. The van der Waals surface area contributed by atoms with Crippen LogP contribution in [0.3, 0.4) is 0 Å². The zero-order valence-corrected chi connectivity index (χ0v) is 15.3. The fourth-order valence-electron chi connectivity index (χ4n) is 2.75. The molecule has 130 valence electrons. The minimum absolute atomic E-state index is 0.331. The van der Waals surface area contributed by atoms with Crippen molar-refractivity contribution in [3.63, 3.8) is 0 Å². The predicted molar refractivity (Wildman–Crippen MR) is 94.7 cm³/mol. The van der Waals surface area contributed by atoms with Gasteiger partial charge < -0.3 is 9.84 Å². The smallest absolute Gasteiger partial charge is 0.293 e. The number of hydrogen-bond acceptors (Lipinski definition) is 3. The van der Waals surface area contributed by atoms with Crippen molar-refractivity contribution < 1.29 is 14.6 Å². The van der Waals surface area contributed by atoms with E-state index in [0.29, 0.717) is 17.6 Å². The number of carbonyl (C=O) groups excluding carboxylic acids is 1. The van der Waals surface area contributed by atoms with E-state index in [4.69, 9.17) is 4.74 Å². The molecule has 1 aromatic rings. The number of aromatic hydroxyl groups is 1. The van der Waals surface area contributed by atoms with Gasteiger partial charge in [-0.3, -0.25) is 4.79 Å². The molecule has 0 heterocycles. The topological polar surface area (TPSA) is 46.5 Å². The standard InChI is InChI=1S/C20H32O3/c1-19(2,3)13-7-11-16-9-6-10-17(18(16)22)12-8-14-20(4,5)23-15-21/h6,9-10,15,22H,7-8,11-14H2,1-5H3. The van der Waals surface area contributed by atoms with Crippen molar-refractivity contribution in [3.8, 4) is 5.75 Å². The van der Waals surface area contributed by atoms with E-state index in [0.717, 1.165) is 49.7 Å². The SMILES string of the molecule is CC(C)(C)CCCc1cccc(CCCC(C)(C)OC=O)c1O. The number of benzene rings is 1. The number of aryl methyl sites for hydroxylation is 2. The number of phenolic OH excluding ortho intramolecular Hbond substituents is 1. The van der Waals surface area contributed by atoms with Crippen molar-refractivity contribution >= 4 is 6.47 Å². The molecule has 0 saturated carbocycles. The van der Waals surface area contributed by atoms with Crippen LogP contribution < -0.4 is 0 Å². The molecule has 1 aromatic carbocycles. The molecule has 0 fully saturated rings. The van der Waals surface area contributed by atoms with E-state index in [9.17, 15) is 9.90 Å². The minimum atomic E-state index is -0.443. The van der Waals surface area contributed by atoms with Gasteiger partial charge >= 0.3 is 0 Å². The summed E-state index contributed by atoms with van der Waals surface area (Å²) in [5.41, 5.74) is 1.91. The first-order valence-corrected chi connectivity index (χ1v) is 8.56. The molecule has 0 bridgehead atoms. The average molecular weight is 320 g/mol. The van der Waals surface area contributed by atoms with E-state index in [-0.39, 0.29) is 0 Å². The summed E-state index contributed by atoms with van der Waals surface area (Å²) in [6, 6.07) is 6.02. The van der Waals surface area contributed by atoms with Crippen molar-refractivity contribution in [3.05, 3.63) is 29.3 Å². The van der Waals surface area contributed by atoms with Crippen LogP contribution in [-0.4, -0.2) is 17.2 Å². The van der Waals surface area contributed by atoms with Crippen LogP contribution in [0.1, 0.15) is 71.4 Å². The fraction of sp³-hybridized carbons (Fsp3) is 0.650. The third-order valence-electron chi connectivity index (χ3n) is 4.17. The fourth-order valence-corrected chi connectivity index (χ4v) is 2.75. The highest BCUT2D eigenvalue weighted by Gasteiger charge is 2.18. The van der Waals surface area contributed by atoms with E-state index in [1.807, 2.05) is 32.0 Å². The normalized spacial score (nSPS) is 12.2. The highest BCUT2D eigenvalue weighted by Crippen LogP contribution is 2.28. The van der Waals surface area contributed by atoms with E-state index in [1.165, 1.54) is 0 Å². The van der Waals surface area contributed by atoms with Gasteiger partial charge in [0, 0.05) is 0 Å². The van der Waals surface area contributed by atoms with Crippen LogP contribution in [0.5, 0.6) is 5.75 Å². The number of ether oxygens (including phenoxy) is 1. The Balaban J connectivity index is 2.57. The molecule has 0 radical (unpaired) electrons.